The Morgan fingerprint density at radius 3 is 2.75 bits per heavy atom. The molecule has 0 spiro atoms. The van der Waals surface area contributed by atoms with Crippen LogP contribution in [-0.4, -0.2) is 26.5 Å². The number of unbranched alkanes of at least 4 members (excludes halogenated alkanes) is 1. The van der Waals surface area contributed by atoms with Crippen molar-refractivity contribution in [3.63, 3.8) is 0 Å². The maximum absolute atomic E-state index is 12.7. The Morgan fingerprint density at radius 1 is 1.32 bits per heavy atom. The third-order valence-electron chi connectivity index (χ3n) is 4.67. The predicted octanol–water partition coefficient (Wildman–Crippen LogP) is 4.37. The summed E-state index contributed by atoms with van der Waals surface area (Å²) in [6, 6.07) is 8.02. The summed E-state index contributed by atoms with van der Waals surface area (Å²) in [5.74, 6) is 0.136. The number of anilines is 1. The number of hydrogen-bond acceptors (Lipinski definition) is 5. The van der Waals surface area contributed by atoms with Crippen LogP contribution in [0.4, 0.5) is 5.69 Å². The number of benzene rings is 1. The summed E-state index contributed by atoms with van der Waals surface area (Å²) in [7, 11) is 0. The molecule has 0 radical (unpaired) electrons. The monoisotopic (exact) mass is 417 g/mol. The fraction of sp³-hybridized carbons (Fsp3) is 0.476. The molecule has 1 atom stereocenters. The van der Waals surface area contributed by atoms with Crippen molar-refractivity contribution >= 4 is 35.1 Å². The summed E-state index contributed by atoms with van der Waals surface area (Å²) < 4.78 is 1.67. The van der Waals surface area contributed by atoms with Crippen molar-refractivity contribution in [2.24, 2.45) is 0 Å². The van der Waals surface area contributed by atoms with Crippen molar-refractivity contribution in [1.29, 1.82) is 0 Å². The zero-order valence-electron chi connectivity index (χ0n) is 16.7. The third kappa shape index (κ3) is 5.00. The highest BCUT2D eigenvalue weighted by Crippen LogP contribution is 2.34. The summed E-state index contributed by atoms with van der Waals surface area (Å²) >= 11 is 2.93. The van der Waals surface area contributed by atoms with Crippen LogP contribution in [0.3, 0.4) is 0 Å². The van der Waals surface area contributed by atoms with Gasteiger partial charge in [-0.05, 0) is 37.5 Å². The molecule has 0 saturated carbocycles. The lowest BCUT2D eigenvalue weighted by molar-refractivity contribution is -0.113. The Hall–Kier alpha value is -1.73. The molecule has 0 fully saturated rings. The molecule has 1 N–H and O–H groups in total. The summed E-state index contributed by atoms with van der Waals surface area (Å²) in [5.41, 5.74) is 2.98. The number of carbonyl (C=O) groups is 1. The number of nitrogens with zero attached hydrogens (tertiary/aromatic N) is 2. The number of aromatic nitrogens is 2. The lowest BCUT2D eigenvalue weighted by Crippen LogP contribution is -2.25. The lowest BCUT2D eigenvalue weighted by atomic mass is 10.1. The van der Waals surface area contributed by atoms with E-state index in [0.29, 0.717) is 17.0 Å². The Labute approximate surface area is 174 Å². The lowest BCUT2D eigenvalue weighted by Gasteiger charge is -2.12. The van der Waals surface area contributed by atoms with Gasteiger partial charge in [0.1, 0.15) is 0 Å². The van der Waals surface area contributed by atoms with E-state index in [0.717, 1.165) is 29.1 Å². The summed E-state index contributed by atoms with van der Waals surface area (Å²) in [5, 5.41) is 3.94. The van der Waals surface area contributed by atoms with E-state index in [-0.39, 0.29) is 17.2 Å². The average molecular weight is 418 g/mol. The fourth-order valence-electron chi connectivity index (χ4n) is 3.18. The minimum absolute atomic E-state index is 0.0208. The minimum atomic E-state index is -0.0912. The molecule has 1 amide bonds. The van der Waals surface area contributed by atoms with Crippen LogP contribution in [0, 0.1) is 0 Å². The van der Waals surface area contributed by atoms with E-state index in [1.807, 2.05) is 19.1 Å². The maximum atomic E-state index is 12.7. The predicted molar refractivity (Wildman–Crippen MR) is 118 cm³/mol. The fourth-order valence-corrected chi connectivity index (χ4v) is 5.18. The van der Waals surface area contributed by atoms with Gasteiger partial charge in [0, 0.05) is 23.9 Å². The number of nitrogens with one attached hydrogen (secondary N) is 1. The Kier molecular flexibility index (Phi) is 7.24. The van der Waals surface area contributed by atoms with Crippen LogP contribution in [0.15, 0.2) is 39.1 Å². The zero-order chi connectivity index (χ0) is 20.1. The molecule has 7 heteroatoms. The Balaban J connectivity index is 1.62. The molecule has 1 unspecified atom stereocenters. The third-order valence-corrected chi connectivity index (χ3v) is 6.86. The van der Waals surface area contributed by atoms with Gasteiger partial charge in [0.2, 0.25) is 5.91 Å². The molecule has 0 aliphatic carbocycles. The number of aryl methyl sites for hydroxylation is 1. The number of amides is 1. The van der Waals surface area contributed by atoms with Crippen LogP contribution in [-0.2, 0) is 24.2 Å². The van der Waals surface area contributed by atoms with Crippen molar-refractivity contribution in [3.8, 4) is 0 Å². The number of fused-ring (bicyclic) bond motifs is 1. The normalized spacial score (nSPS) is 15.5. The van der Waals surface area contributed by atoms with Gasteiger partial charge in [0.15, 0.2) is 5.16 Å². The topological polar surface area (TPSA) is 64.0 Å². The van der Waals surface area contributed by atoms with Crippen LogP contribution < -0.4 is 10.9 Å². The molecule has 1 aromatic heterocycles. The van der Waals surface area contributed by atoms with Crippen molar-refractivity contribution in [2.75, 3.05) is 11.1 Å². The first-order valence-electron chi connectivity index (χ1n) is 9.83. The largest absolute Gasteiger partial charge is 0.325 e. The molecule has 1 aliphatic heterocycles. The van der Waals surface area contributed by atoms with E-state index < -0.39 is 0 Å². The van der Waals surface area contributed by atoms with E-state index in [9.17, 15) is 9.59 Å². The second-order valence-electron chi connectivity index (χ2n) is 6.99. The van der Waals surface area contributed by atoms with Gasteiger partial charge in [-0.15, -0.1) is 11.8 Å². The van der Waals surface area contributed by atoms with Crippen molar-refractivity contribution in [1.82, 2.24) is 9.55 Å². The number of rotatable bonds is 8. The van der Waals surface area contributed by atoms with E-state index in [1.54, 1.807) is 16.3 Å². The van der Waals surface area contributed by atoms with Gasteiger partial charge < -0.3 is 5.32 Å². The Bertz CT molecular complexity index is 894. The van der Waals surface area contributed by atoms with Gasteiger partial charge in [0.05, 0.1) is 16.3 Å². The molecule has 1 aromatic carbocycles. The molecule has 28 heavy (non-hydrogen) atoms. The first kappa shape index (κ1) is 21.0. The van der Waals surface area contributed by atoms with Gasteiger partial charge >= 0.3 is 0 Å². The quantitative estimate of drug-likeness (QED) is 0.510. The van der Waals surface area contributed by atoms with E-state index >= 15 is 0 Å². The molecule has 3 rings (SSSR count). The zero-order valence-corrected chi connectivity index (χ0v) is 18.3. The summed E-state index contributed by atoms with van der Waals surface area (Å²) in [6.45, 7) is 6.77. The molecule has 1 aliphatic rings. The van der Waals surface area contributed by atoms with Crippen molar-refractivity contribution in [3.05, 3.63) is 45.9 Å². The van der Waals surface area contributed by atoms with Gasteiger partial charge in [-0.1, -0.05) is 44.2 Å². The standard InChI is InChI=1S/C21H27N3O2S2/c1-4-6-7-15-8-10-16(11-9-15)22-18(25)13-27-21-23-17-12-14(3)28-19(17)20(26)24(21)5-2/h8-11,14H,4-7,12-13H2,1-3H3,(H,22,25). The summed E-state index contributed by atoms with van der Waals surface area (Å²) in [6.07, 6.45) is 4.22. The number of thioether (sulfide) groups is 2. The first-order valence-corrected chi connectivity index (χ1v) is 11.7. The van der Waals surface area contributed by atoms with Crippen molar-refractivity contribution in [2.45, 2.75) is 68.3 Å². The first-order chi connectivity index (χ1) is 13.5. The molecule has 0 saturated heterocycles. The van der Waals surface area contributed by atoms with E-state index in [2.05, 4.69) is 36.3 Å². The van der Waals surface area contributed by atoms with E-state index in [4.69, 9.17) is 0 Å². The molecule has 2 heterocycles. The minimum Gasteiger partial charge on any atom is -0.325 e. The molecule has 150 valence electrons. The Morgan fingerprint density at radius 2 is 2.07 bits per heavy atom. The van der Waals surface area contributed by atoms with Crippen molar-refractivity contribution < 1.29 is 4.79 Å². The van der Waals surface area contributed by atoms with E-state index in [1.165, 1.54) is 30.2 Å². The highest BCUT2D eigenvalue weighted by atomic mass is 32.2. The average Bonchev–Trinajstić information content (AvgIpc) is 3.06. The number of hydrogen-bond donors (Lipinski definition) is 1. The maximum Gasteiger partial charge on any atom is 0.268 e. The summed E-state index contributed by atoms with van der Waals surface area (Å²) in [4.78, 5) is 30.5. The van der Waals surface area contributed by atoms with Gasteiger partial charge in [-0.2, -0.15) is 0 Å². The molecular formula is C21H27N3O2S2. The van der Waals surface area contributed by atoms with Crippen LogP contribution in [0.25, 0.3) is 0 Å². The smallest absolute Gasteiger partial charge is 0.268 e. The number of carbonyl (C=O) groups excluding carboxylic acids is 1. The molecule has 2 aromatic rings. The van der Waals surface area contributed by atoms with Crippen LogP contribution in [0.1, 0.15) is 44.9 Å². The highest BCUT2D eigenvalue weighted by molar-refractivity contribution is 8.00. The molecular weight excluding hydrogens is 390 g/mol. The van der Waals surface area contributed by atoms with Crippen LogP contribution in [0.2, 0.25) is 0 Å². The molecule has 0 bridgehead atoms. The van der Waals surface area contributed by atoms with Crippen LogP contribution >= 0.6 is 23.5 Å². The van der Waals surface area contributed by atoms with Gasteiger partial charge in [0.25, 0.3) is 5.56 Å². The molecule has 5 nitrogen and oxygen atoms in total. The second kappa shape index (κ2) is 9.65. The van der Waals surface area contributed by atoms with Gasteiger partial charge in [-0.25, -0.2) is 4.98 Å². The second-order valence-corrected chi connectivity index (χ2v) is 9.38. The SMILES string of the molecule is CCCCc1ccc(NC(=O)CSc2nc3c(c(=O)n2CC)SC(C)C3)cc1. The highest BCUT2D eigenvalue weighted by Gasteiger charge is 2.26. The van der Waals surface area contributed by atoms with Crippen LogP contribution in [0.5, 0.6) is 0 Å². The van der Waals surface area contributed by atoms with Gasteiger partial charge in [-0.3, -0.25) is 14.2 Å².